The number of halogens is 1. The SMILES string of the molecule is CC.N#Cc1cc(-c2c(-c3ccccc3)cccc2-c2ccccc2)cc(C#N)c1F. The average Bonchev–Trinajstić information content (AvgIpc) is 2.86. The third-order valence-electron chi connectivity index (χ3n) is 4.84. The molecule has 3 heteroatoms. The molecule has 0 bridgehead atoms. The van der Waals surface area contributed by atoms with Crippen molar-refractivity contribution in [1.82, 2.24) is 0 Å². The Bertz CT molecular complexity index is 1170. The topological polar surface area (TPSA) is 47.6 Å². The van der Waals surface area contributed by atoms with Crippen molar-refractivity contribution in [2.45, 2.75) is 13.8 Å². The van der Waals surface area contributed by atoms with Crippen LogP contribution in [0.1, 0.15) is 25.0 Å². The number of rotatable bonds is 3. The molecule has 0 heterocycles. The molecular weight excluding hydrogens is 383 g/mol. The number of nitriles is 2. The van der Waals surface area contributed by atoms with Crippen molar-refractivity contribution in [2.24, 2.45) is 0 Å². The van der Waals surface area contributed by atoms with Gasteiger partial charge in [0.2, 0.25) is 0 Å². The van der Waals surface area contributed by atoms with Gasteiger partial charge in [-0.05, 0) is 45.5 Å². The van der Waals surface area contributed by atoms with Crippen molar-refractivity contribution in [1.29, 1.82) is 10.5 Å². The van der Waals surface area contributed by atoms with Crippen LogP contribution in [0.25, 0.3) is 33.4 Å². The van der Waals surface area contributed by atoms with Crippen LogP contribution in [0.2, 0.25) is 0 Å². The molecule has 0 aliphatic heterocycles. The minimum absolute atomic E-state index is 0.138. The summed E-state index contributed by atoms with van der Waals surface area (Å²) in [7, 11) is 0. The van der Waals surface area contributed by atoms with Crippen LogP contribution in [-0.2, 0) is 0 Å². The van der Waals surface area contributed by atoms with Crippen LogP contribution in [0, 0.1) is 28.5 Å². The molecule has 0 amide bonds. The van der Waals surface area contributed by atoms with Crippen LogP contribution in [0.3, 0.4) is 0 Å². The summed E-state index contributed by atoms with van der Waals surface area (Å²) < 4.78 is 14.4. The maximum absolute atomic E-state index is 14.4. The number of hydrogen-bond acceptors (Lipinski definition) is 2. The van der Waals surface area contributed by atoms with Gasteiger partial charge in [0.1, 0.15) is 12.1 Å². The Morgan fingerprint density at radius 3 is 1.39 bits per heavy atom. The molecule has 31 heavy (non-hydrogen) atoms. The summed E-state index contributed by atoms with van der Waals surface area (Å²) in [5.74, 6) is -0.780. The molecule has 4 rings (SSSR count). The van der Waals surface area contributed by atoms with Gasteiger partial charge in [-0.3, -0.25) is 0 Å². The van der Waals surface area contributed by atoms with Gasteiger partial charge in [0.05, 0.1) is 11.1 Å². The lowest BCUT2D eigenvalue weighted by atomic mass is 9.86. The first-order valence-corrected chi connectivity index (χ1v) is 10.1. The summed E-state index contributed by atoms with van der Waals surface area (Å²) >= 11 is 0. The maximum atomic E-state index is 14.4. The van der Waals surface area contributed by atoms with E-state index < -0.39 is 5.82 Å². The lowest BCUT2D eigenvalue weighted by molar-refractivity contribution is 0.620. The zero-order valence-electron chi connectivity index (χ0n) is 17.4. The van der Waals surface area contributed by atoms with E-state index in [1.165, 1.54) is 12.1 Å². The summed E-state index contributed by atoms with van der Waals surface area (Å²) in [6.07, 6.45) is 0. The molecule has 0 aliphatic rings. The minimum atomic E-state index is -0.780. The Labute approximate surface area is 182 Å². The first kappa shape index (κ1) is 21.5. The minimum Gasteiger partial charge on any atom is -0.204 e. The van der Waals surface area contributed by atoms with Gasteiger partial charge in [-0.2, -0.15) is 10.5 Å². The van der Waals surface area contributed by atoms with Gasteiger partial charge >= 0.3 is 0 Å². The van der Waals surface area contributed by atoms with Crippen LogP contribution in [0.15, 0.2) is 91.0 Å². The predicted octanol–water partition coefficient (Wildman–Crippen LogP) is 7.60. The van der Waals surface area contributed by atoms with Crippen molar-refractivity contribution in [3.63, 3.8) is 0 Å². The summed E-state index contributed by atoms with van der Waals surface area (Å²) in [6.45, 7) is 4.00. The molecule has 0 N–H and O–H groups in total. The van der Waals surface area contributed by atoms with Gasteiger partial charge in [-0.15, -0.1) is 0 Å². The molecule has 4 aromatic carbocycles. The molecular formula is C28H21FN2. The number of hydrogen-bond donors (Lipinski definition) is 0. The Morgan fingerprint density at radius 2 is 1.00 bits per heavy atom. The molecule has 0 saturated heterocycles. The highest BCUT2D eigenvalue weighted by Crippen LogP contribution is 2.40. The fourth-order valence-corrected chi connectivity index (χ4v) is 3.51. The quantitative estimate of drug-likeness (QED) is 0.353. The van der Waals surface area contributed by atoms with Crippen LogP contribution in [-0.4, -0.2) is 0 Å². The molecule has 0 saturated carbocycles. The van der Waals surface area contributed by atoms with Gasteiger partial charge < -0.3 is 0 Å². The fraction of sp³-hybridized carbons (Fsp3) is 0.0714. The van der Waals surface area contributed by atoms with Crippen molar-refractivity contribution >= 4 is 0 Å². The van der Waals surface area contributed by atoms with E-state index in [1.807, 2.05) is 105 Å². The van der Waals surface area contributed by atoms with Crippen molar-refractivity contribution in [3.8, 4) is 45.5 Å². The van der Waals surface area contributed by atoms with Crippen LogP contribution in [0.4, 0.5) is 4.39 Å². The lowest BCUT2D eigenvalue weighted by Gasteiger charge is -2.17. The monoisotopic (exact) mass is 404 g/mol. The van der Waals surface area contributed by atoms with E-state index in [1.54, 1.807) is 0 Å². The zero-order valence-corrected chi connectivity index (χ0v) is 17.4. The molecule has 0 aromatic heterocycles. The Kier molecular flexibility index (Phi) is 6.94. The van der Waals surface area contributed by atoms with Gasteiger partial charge in [0.15, 0.2) is 5.82 Å². The summed E-state index contributed by atoms with van der Waals surface area (Å²) in [5.41, 5.74) is 5.12. The van der Waals surface area contributed by atoms with E-state index >= 15 is 0 Å². The number of benzene rings is 4. The van der Waals surface area contributed by atoms with Gasteiger partial charge in [0.25, 0.3) is 0 Å². The van der Waals surface area contributed by atoms with E-state index in [0.29, 0.717) is 5.56 Å². The summed E-state index contributed by atoms with van der Waals surface area (Å²) in [6, 6.07) is 32.5. The smallest absolute Gasteiger partial charge is 0.158 e. The largest absolute Gasteiger partial charge is 0.204 e. The third kappa shape index (κ3) is 4.37. The van der Waals surface area contributed by atoms with Gasteiger partial charge in [0, 0.05) is 0 Å². The number of nitrogens with zero attached hydrogens (tertiary/aromatic N) is 2. The van der Waals surface area contributed by atoms with Gasteiger partial charge in [-0.1, -0.05) is 92.7 Å². The van der Waals surface area contributed by atoms with Crippen molar-refractivity contribution in [2.75, 3.05) is 0 Å². The first-order valence-electron chi connectivity index (χ1n) is 10.1. The standard InChI is InChI=1S/C26H15FN2.C2H6/c27-26-21(16-28)14-20(15-22(26)17-29)25-23(18-8-3-1-4-9-18)12-7-13-24(25)19-10-5-2-6-11-19;1-2/h1-15H;1-2H3. The van der Waals surface area contributed by atoms with E-state index in [2.05, 4.69) is 0 Å². The molecule has 0 fully saturated rings. The molecule has 0 atom stereocenters. The highest BCUT2D eigenvalue weighted by molar-refractivity contribution is 5.95. The molecule has 150 valence electrons. The Morgan fingerprint density at radius 1 is 0.581 bits per heavy atom. The summed E-state index contributed by atoms with van der Waals surface area (Å²) in [5, 5.41) is 18.8. The van der Waals surface area contributed by atoms with E-state index in [4.69, 9.17) is 0 Å². The molecule has 0 spiro atoms. The average molecular weight is 404 g/mol. The van der Waals surface area contributed by atoms with Crippen LogP contribution >= 0.6 is 0 Å². The summed E-state index contributed by atoms with van der Waals surface area (Å²) in [4.78, 5) is 0. The second-order valence-corrected chi connectivity index (χ2v) is 6.57. The van der Waals surface area contributed by atoms with E-state index in [0.717, 1.165) is 27.8 Å². The normalized spacial score (nSPS) is 9.71. The van der Waals surface area contributed by atoms with E-state index in [9.17, 15) is 14.9 Å². The Hall–Kier alpha value is -4.21. The van der Waals surface area contributed by atoms with E-state index in [-0.39, 0.29) is 11.1 Å². The Balaban J connectivity index is 0.00000132. The fourth-order valence-electron chi connectivity index (χ4n) is 3.51. The predicted molar refractivity (Wildman–Crippen MR) is 123 cm³/mol. The maximum Gasteiger partial charge on any atom is 0.158 e. The van der Waals surface area contributed by atoms with Crippen LogP contribution < -0.4 is 0 Å². The second kappa shape index (κ2) is 10.0. The van der Waals surface area contributed by atoms with Gasteiger partial charge in [-0.25, -0.2) is 4.39 Å². The molecule has 0 aliphatic carbocycles. The molecule has 4 aromatic rings. The van der Waals surface area contributed by atoms with Crippen molar-refractivity contribution in [3.05, 3.63) is 108 Å². The first-order chi connectivity index (χ1) is 15.2. The van der Waals surface area contributed by atoms with Crippen molar-refractivity contribution < 1.29 is 4.39 Å². The lowest BCUT2D eigenvalue weighted by Crippen LogP contribution is -1.95. The second-order valence-electron chi connectivity index (χ2n) is 6.57. The molecule has 0 unspecified atom stereocenters. The molecule has 0 radical (unpaired) electrons. The zero-order chi connectivity index (χ0) is 22.2. The highest BCUT2D eigenvalue weighted by Gasteiger charge is 2.18. The molecule has 2 nitrogen and oxygen atoms in total. The van der Waals surface area contributed by atoms with Crippen LogP contribution in [0.5, 0.6) is 0 Å². The highest BCUT2D eigenvalue weighted by atomic mass is 19.1. The third-order valence-corrected chi connectivity index (χ3v) is 4.84.